The number of hydrogen-bond acceptors (Lipinski definition) is 4. The minimum Gasteiger partial charge on any atom is -0.466 e. The van der Waals surface area contributed by atoms with Crippen LogP contribution in [0.2, 0.25) is 0 Å². The van der Waals surface area contributed by atoms with Gasteiger partial charge < -0.3 is 14.8 Å². The second-order valence-electron chi connectivity index (χ2n) is 4.32. The molecule has 16 heavy (non-hydrogen) atoms. The molecule has 0 aromatic rings. The Morgan fingerprint density at radius 3 is 2.31 bits per heavy atom. The molecule has 0 rings (SSSR count). The maximum Gasteiger partial charge on any atom is 0.408 e. The van der Waals surface area contributed by atoms with Crippen molar-refractivity contribution in [3.8, 4) is 0 Å². The fraction of sp³-hybridized carbons (Fsp3) is 0.636. The summed E-state index contributed by atoms with van der Waals surface area (Å²) in [6.45, 7) is 7.06. The van der Waals surface area contributed by atoms with Crippen molar-refractivity contribution in [2.24, 2.45) is 0 Å². The average molecular weight is 229 g/mol. The van der Waals surface area contributed by atoms with Gasteiger partial charge in [0.15, 0.2) is 0 Å². The van der Waals surface area contributed by atoms with E-state index in [1.807, 2.05) is 0 Å². The van der Waals surface area contributed by atoms with Gasteiger partial charge in [0, 0.05) is 12.1 Å². The zero-order valence-electron chi connectivity index (χ0n) is 10.4. The summed E-state index contributed by atoms with van der Waals surface area (Å²) in [6, 6.07) is -0.297. The molecular weight excluding hydrogens is 210 g/mol. The molecule has 0 heterocycles. The summed E-state index contributed by atoms with van der Waals surface area (Å²) in [6.07, 6.45) is 2.26. The third-order valence-corrected chi connectivity index (χ3v) is 1.47. The van der Waals surface area contributed by atoms with Crippen LogP contribution in [0.15, 0.2) is 12.2 Å². The maximum absolute atomic E-state index is 11.3. The number of esters is 1. The highest BCUT2D eigenvalue weighted by Crippen LogP contribution is 2.06. The number of ether oxygens (including phenoxy) is 2. The van der Waals surface area contributed by atoms with Gasteiger partial charge in [0.2, 0.25) is 0 Å². The number of nitrogens with one attached hydrogen (secondary N) is 1. The van der Waals surface area contributed by atoms with Gasteiger partial charge in [0.25, 0.3) is 0 Å². The van der Waals surface area contributed by atoms with Crippen LogP contribution < -0.4 is 5.32 Å². The highest BCUT2D eigenvalue weighted by molar-refractivity contribution is 5.82. The van der Waals surface area contributed by atoms with Crippen LogP contribution in [0, 0.1) is 0 Å². The van der Waals surface area contributed by atoms with Crippen molar-refractivity contribution in [1.29, 1.82) is 0 Å². The molecule has 1 atom stereocenters. The van der Waals surface area contributed by atoms with Crippen molar-refractivity contribution < 1.29 is 19.1 Å². The van der Waals surface area contributed by atoms with Gasteiger partial charge >= 0.3 is 12.1 Å². The van der Waals surface area contributed by atoms with E-state index < -0.39 is 17.7 Å². The molecule has 5 heteroatoms. The first-order valence-electron chi connectivity index (χ1n) is 5.00. The van der Waals surface area contributed by atoms with Crippen LogP contribution >= 0.6 is 0 Å². The summed E-state index contributed by atoms with van der Waals surface area (Å²) in [7, 11) is 1.29. The average Bonchev–Trinajstić information content (AvgIpc) is 2.10. The van der Waals surface area contributed by atoms with Crippen molar-refractivity contribution in [1.82, 2.24) is 5.32 Å². The number of carbonyl (C=O) groups excluding carboxylic acids is 2. The molecule has 0 saturated carbocycles. The van der Waals surface area contributed by atoms with Gasteiger partial charge in [0.1, 0.15) is 5.60 Å². The van der Waals surface area contributed by atoms with Gasteiger partial charge in [-0.05, 0) is 27.7 Å². The molecule has 0 aliphatic carbocycles. The summed E-state index contributed by atoms with van der Waals surface area (Å²) in [5, 5.41) is 2.56. The highest BCUT2D eigenvalue weighted by atomic mass is 16.6. The van der Waals surface area contributed by atoms with E-state index in [1.54, 1.807) is 27.7 Å². The molecule has 0 aromatic carbocycles. The first kappa shape index (κ1) is 14.5. The topological polar surface area (TPSA) is 64.6 Å². The lowest BCUT2D eigenvalue weighted by Gasteiger charge is -2.20. The lowest BCUT2D eigenvalue weighted by molar-refractivity contribution is -0.134. The molecule has 1 N–H and O–H groups in total. The van der Waals surface area contributed by atoms with Gasteiger partial charge in [-0.1, -0.05) is 6.08 Å². The van der Waals surface area contributed by atoms with Crippen molar-refractivity contribution >= 4 is 12.1 Å². The Morgan fingerprint density at radius 1 is 1.31 bits per heavy atom. The quantitative estimate of drug-likeness (QED) is 0.590. The maximum atomic E-state index is 11.3. The molecule has 92 valence electrons. The van der Waals surface area contributed by atoms with E-state index in [2.05, 4.69) is 10.1 Å². The zero-order valence-corrected chi connectivity index (χ0v) is 10.4. The Bertz CT molecular complexity index is 278. The Labute approximate surface area is 95.8 Å². The highest BCUT2D eigenvalue weighted by Gasteiger charge is 2.16. The van der Waals surface area contributed by atoms with Crippen molar-refractivity contribution in [2.45, 2.75) is 39.3 Å². The molecule has 0 aliphatic rings. The van der Waals surface area contributed by atoms with E-state index in [4.69, 9.17) is 4.74 Å². The van der Waals surface area contributed by atoms with Crippen molar-refractivity contribution in [3.05, 3.63) is 12.2 Å². The number of rotatable bonds is 3. The number of hydrogen-bond donors (Lipinski definition) is 1. The van der Waals surface area contributed by atoms with E-state index in [9.17, 15) is 9.59 Å². The summed E-state index contributed by atoms with van der Waals surface area (Å²) in [4.78, 5) is 22.1. The predicted octanol–water partition coefficient (Wildman–Crippen LogP) is 1.63. The Morgan fingerprint density at radius 2 is 1.88 bits per heavy atom. The van der Waals surface area contributed by atoms with Gasteiger partial charge in [-0.15, -0.1) is 0 Å². The standard InChI is InChI=1S/C11H19NO4/c1-8(6-7-9(13)15-5)12-10(14)16-11(2,3)4/h6-8H,1-5H3,(H,12,14)/t8-/m0/s1. The number of amides is 1. The van der Waals surface area contributed by atoms with Crippen LogP contribution in [0.3, 0.4) is 0 Å². The summed E-state index contributed by atoms with van der Waals surface area (Å²) in [5.74, 6) is -0.460. The van der Waals surface area contributed by atoms with Gasteiger partial charge in [-0.3, -0.25) is 0 Å². The zero-order chi connectivity index (χ0) is 12.8. The molecule has 0 aromatic heterocycles. The largest absolute Gasteiger partial charge is 0.466 e. The Kier molecular flexibility index (Phi) is 5.56. The Balaban J connectivity index is 4.06. The van der Waals surface area contributed by atoms with Crippen molar-refractivity contribution in [2.75, 3.05) is 7.11 Å². The van der Waals surface area contributed by atoms with Crippen LogP contribution in [0.4, 0.5) is 4.79 Å². The molecule has 0 bridgehead atoms. The number of alkyl carbamates (subject to hydrolysis) is 1. The van der Waals surface area contributed by atoms with Crippen LogP contribution in [0.1, 0.15) is 27.7 Å². The molecule has 5 nitrogen and oxygen atoms in total. The summed E-state index contributed by atoms with van der Waals surface area (Å²) < 4.78 is 9.46. The molecule has 0 unspecified atom stereocenters. The van der Waals surface area contributed by atoms with Crippen LogP contribution in [0.25, 0.3) is 0 Å². The number of carbonyl (C=O) groups is 2. The molecule has 0 saturated heterocycles. The Hall–Kier alpha value is -1.52. The molecule has 0 radical (unpaired) electrons. The monoisotopic (exact) mass is 229 g/mol. The SMILES string of the molecule is COC(=O)C=C[C@H](C)NC(=O)OC(C)(C)C. The molecule has 1 amide bonds. The van der Waals surface area contributed by atoms with E-state index in [-0.39, 0.29) is 6.04 Å². The first-order chi connectivity index (χ1) is 7.24. The van der Waals surface area contributed by atoms with Gasteiger partial charge in [0.05, 0.1) is 7.11 Å². The molecule has 0 aliphatic heterocycles. The van der Waals surface area contributed by atoms with E-state index >= 15 is 0 Å². The summed E-state index contributed by atoms with van der Waals surface area (Å²) >= 11 is 0. The van der Waals surface area contributed by atoms with Gasteiger partial charge in [-0.2, -0.15) is 0 Å². The fourth-order valence-corrected chi connectivity index (χ4v) is 0.833. The normalized spacial score (nSPS) is 13.3. The van der Waals surface area contributed by atoms with Gasteiger partial charge in [-0.25, -0.2) is 9.59 Å². The van der Waals surface area contributed by atoms with E-state index in [1.165, 1.54) is 19.3 Å². The summed E-state index contributed by atoms with van der Waals surface area (Å²) in [5.41, 5.74) is -0.532. The lowest BCUT2D eigenvalue weighted by Crippen LogP contribution is -2.36. The molecule has 0 spiro atoms. The third kappa shape index (κ3) is 7.84. The number of methoxy groups -OCH3 is 1. The smallest absolute Gasteiger partial charge is 0.408 e. The minimum atomic E-state index is -0.532. The van der Waals surface area contributed by atoms with Crippen molar-refractivity contribution in [3.63, 3.8) is 0 Å². The third-order valence-electron chi connectivity index (χ3n) is 1.47. The van der Waals surface area contributed by atoms with E-state index in [0.29, 0.717) is 0 Å². The minimum absolute atomic E-state index is 0.297. The first-order valence-corrected chi connectivity index (χ1v) is 5.00. The van der Waals surface area contributed by atoms with E-state index in [0.717, 1.165) is 0 Å². The van der Waals surface area contributed by atoms with Crippen LogP contribution in [-0.4, -0.2) is 30.8 Å². The van der Waals surface area contributed by atoms with Crippen LogP contribution in [-0.2, 0) is 14.3 Å². The second kappa shape index (κ2) is 6.15. The fourth-order valence-electron chi connectivity index (χ4n) is 0.833. The predicted molar refractivity (Wildman–Crippen MR) is 60.0 cm³/mol. The second-order valence-corrected chi connectivity index (χ2v) is 4.32. The molecule has 0 fully saturated rings. The van der Waals surface area contributed by atoms with Crippen LogP contribution in [0.5, 0.6) is 0 Å². The lowest BCUT2D eigenvalue weighted by atomic mass is 10.2. The molecular formula is C11H19NO4.